The molecule has 33 heavy (non-hydrogen) atoms. The van der Waals surface area contributed by atoms with E-state index in [0.717, 1.165) is 0 Å². The predicted molar refractivity (Wildman–Crippen MR) is 128 cm³/mol. The summed E-state index contributed by atoms with van der Waals surface area (Å²) >= 11 is 5.91. The first-order valence-electron chi connectivity index (χ1n) is 10.8. The third-order valence-corrected chi connectivity index (χ3v) is 5.96. The van der Waals surface area contributed by atoms with Crippen LogP contribution in [0.1, 0.15) is 33.6 Å². The zero-order chi connectivity index (χ0) is 23.8. The Hall–Kier alpha value is -3.32. The van der Waals surface area contributed by atoms with Gasteiger partial charge in [-0.25, -0.2) is 0 Å². The molecule has 1 atom stereocenters. The molecule has 2 aromatic rings. The summed E-state index contributed by atoms with van der Waals surface area (Å²) in [6.45, 7) is 4.92. The molecule has 1 saturated heterocycles. The summed E-state index contributed by atoms with van der Waals surface area (Å²) in [5, 5.41) is 6.25. The molecule has 0 radical (unpaired) electrons. The van der Waals surface area contributed by atoms with Gasteiger partial charge in [-0.3, -0.25) is 14.4 Å². The number of carbonyl (C=O) groups excluding carboxylic acids is 3. The third kappa shape index (κ3) is 6.35. The summed E-state index contributed by atoms with van der Waals surface area (Å²) in [6, 6.07) is 12.8. The Bertz CT molecular complexity index is 1000. The third-order valence-electron chi connectivity index (χ3n) is 5.71. The van der Waals surface area contributed by atoms with Crippen LogP contribution in [0.2, 0.25) is 5.02 Å². The predicted octanol–water partition coefficient (Wildman–Crippen LogP) is 3.30. The van der Waals surface area contributed by atoms with Crippen LogP contribution >= 0.6 is 11.6 Å². The Morgan fingerprint density at radius 1 is 1.15 bits per heavy atom. The second-order valence-corrected chi connectivity index (χ2v) is 8.29. The summed E-state index contributed by atoms with van der Waals surface area (Å²) in [4.78, 5) is 40.3. The molecule has 2 N–H and O–H groups in total. The van der Waals surface area contributed by atoms with E-state index in [0.29, 0.717) is 54.4 Å². The van der Waals surface area contributed by atoms with E-state index in [1.165, 1.54) is 7.11 Å². The number of piperidine rings is 1. The Morgan fingerprint density at radius 3 is 2.48 bits per heavy atom. The molecule has 7 nitrogen and oxygen atoms in total. The van der Waals surface area contributed by atoms with Crippen molar-refractivity contribution in [1.82, 2.24) is 15.5 Å². The van der Waals surface area contributed by atoms with Crippen LogP contribution in [0.15, 0.2) is 61.2 Å². The molecule has 1 aliphatic rings. The molecule has 1 unspecified atom stereocenters. The molecule has 3 rings (SSSR count). The van der Waals surface area contributed by atoms with Crippen LogP contribution in [0.3, 0.4) is 0 Å². The van der Waals surface area contributed by atoms with Crippen LogP contribution in [0.4, 0.5) is 0 Å². The molecule has 0 bridgehead atoms. The van der Waals surface area contributed by atoms with Crippen LogP contribution in [-0.4, -0.2) is 55.4 Å². The maximum atomic E-state index is 12.9. The van der Waals surface area contributed by atoms with Gasteiger partial charge in [0.05, 0.1) is 7.11 Å². The standard InChI is InChI=1S/C25H28ClN3O4/c1-3-13-27-24(31)22(28-23(30)19-5-4-6-21(16-19)33-2)17-11-14-29(15-12-17)25(32)18-7-9-20(26)10-8-18/h3-10,16-17,22H,1,11-15H2,2H3,(H,27,31)(H,28,30). The van der Waals surface area contributed by atoms with Crippen molar-refractivity contribution in [2.24, 2.45) is 5.92 Å². The van der Waals surface area contributed by atoms with Gasteiger partial charge < -0.3 is 20.3 Å². The summed E-state index contributed by atoms with van der Waals surface area (Å²) in [6.07, 6.45) is 2.76. The van der Waals surface area contributed by atoms with Crippen LogP contribution in [0.5, 0.6) is 5.75 Å². The number of methoxy groups -OCH3 is 1. The molecule has 0 spiro atoms. The second kappa shape index (κ2) is 11.5. The van der Waals surface area contributed by atoms with Crippen molar-refractivity contribution < 1.29 is 19.1 Å². The number of hydrogen-bond donors (Lipinski definition) is 2. The van der Waals surface area contributed by atoms with Crippen LogP contribution in [-0.2, 0) is 4.79 Å². The first-order valence-corrected chi connectivity index (χ1v) is 11.2. The molecule has 174 valence electrons. The topological polar surface area (TPSA) is 87.7 Å². The number of amides is 3. The first kappa shape index (κ1) is 24.3. The molecule has 0 aromatic heterocycles. The summed E-state index contributed by atoms with van der Waals surface area (Å²) in [7, 11) is 1.53. The van der Waals surface area contributed by atoms with Gasteiger partial charge in [0.15, 0.2) is 0 Å². The number of nitrogens with one attached hydrogen (secondary N) is 2. The van der Waals surface area contributed by atoms with Gasteiger partial charge in [0.25, 0.3) is 11.8 Å². The molecule has 1 aliphatic heterocycles. The lowest BCUT2D eigenvalue weighted by Gasteiger charge is -2.35. The van der Waals surface area contributed by atoms with E-state index in [9.17, 15) is 14.4 Å². The lowest BCUT2D eigenvalue weighted by Crippen LogP contribution is -2.53. The van der Waals surface area contributed by atoms with Gasteiger partial charge in [0, 0.05) is 35.8 Å². The highest BCUT2D eigenvalue weighted by Crippen LogP contribution is 2.24. The molecule has 2 aromatic carbocycles. The van der Waals surface area contributed by atoms with Gasteiger partial charge >= 0.3 is 0 Å². The Labute approximate surface area is 198 Å². The van der Waals surface area contributed by atoms with E-state index in [4.69, 9.17) is 16.3 Å². The van der Waals surface area contributed by atoms with Crippen molar-refractivity contribution in [2.45, 2.75) is 18.9 Å². The molecule has 1 heterocycles. The van der Waals surface area contributed by atoms with Gasteiger partial charge in [0.1, 0.15) is 11.8 Å². The lowest BCUT2D eigenvalue weighted by atomic mass is 9.88. The van der Waals surface area contributed by atoms with Crippen molar-refractivity contribution in [3.8, 4) is 5.75 Å². The smallest absolute Gasteiger partial charge is 0.253 e. The van der Waals surface area contributed by atoms with E-state index in [2.05, 4.69) is 17.2 Å². The van der Waals surface area contributed by atoms with Crippen LogP contribution in [0, 0.1) is 5.92 Å². The van der Waals surface area contributed by atoms with Gasteiger partial charge in [0.2, 0.25) is 5.91 Å². The van der Waals surface area contributed by atoms with Gasteiger partial charge in [-0.1, -0.05) is 23.7 Å². The fourth-order valence-electron chi connectivity index (χ4n) is 3.88. The van der Waals surface area contributed by atoms with E-state index in [1.54, 1.807) is 59.5 Å². The number of rotatable bonds is 8. The normalized spacial score (nSPS) is 14.8. The fourth-order valence-corrected chi connectivity index (χ4v) is 4.01. The molecule has 8 heteroatoms. The minimum Gasteiger partial charge on any atom is -0.497 e. The summed E-state index contributed by atoms with van der Waals surface area (Å²) in [5.74, 6) is -0.248. The molecule has 0 aliphatic carbocycles. The van der Waals surface area contributed by atoms with Crippen LogP contribution in [0.25, 0.3) is 0 Å². The maximum Gasteiger partial charge on any atom is 0.253 e. The highest BCUT2D eigenvalue weighted by atomic mass is 35.5. The van der Waals surface area contributed by atoms with E-state index in [1.807, 2.05) is 0 Å². The van der Waals surface area contributed by atoms with E-state index in [-0.39, 0.29) is 23.6 Å². The number of hydrogen-bond acceptors (Lipinski definition) is 4. The quantitative estimate of drug-likeness (QED) is 0.581. The van der Waals surface area contributed by atoms with Crippen molar-refractivity contribution in [1.29, 1.82) is 0 Å². The Kier molecular flexibility index (Phi) is 8.49. The number of halogens is 1. The maximum absolute atomic E-state index is 12.9. The lowest BCUT2D eigenvalue weighted by molar-refractivity contribution is -0.124. The van der Waals surface area contributed by atoms with Crippen molar-refractivity contribution >= 4 is 29.3 Å². The highest BCUT2D eigenvalue weighted by molar-refractivity contribution is 6.30. The van der Waals surface area contributed by atoms with Crippen molar-refractivity contribution in [2.75, 3.05) is 26.7 Å². The largest absolute Gasteiger partial charge is 0.497 e. The average Bonchev–Trinajstić information content (AvgIpc) is 2.86. The SMILES string of the molecule is C=CCNC(=O)C(NC(=O)c1cccc(OC)c1)C1CCN(C(=O)c2ccc(Cl)cc2)CC1. The summed E-state index contributed by atoms with van der Waals surface area (Å²) < 4.78 is 5.19. The molecule has 3 amide bonds. The molecule has 1 fully saturated rings. The van der Waals surface area contributed by atoms with E-state index < -0.39 is 6.04 Å². The Balaban J connectivity index is 1.69. The number of ether oxygens (including phenoxy) is 1. The number of nitrogens with zero attached hydrogens (tertiary/aromatic N) is 1. The fraction of sp³-hybridized carbons (Fsp3) is 0.320. The molecular formula is C25H28ClN3O4. The molecular weight excluding hydrogens is 442 g/mol. The second-order valence-electron chi connectivity index (χ2n) is 7.85. The van der Waals surface area contributed by atoms with Gasteiger partial charge in [-0.05, 0) is 61.2 Å². The van der Waals surface area contributed by atoms with E-state index >= 15 is 0 Å². The van der Waals surface area contributed by atoms with Gasteiger partial charge in [-0.15, -0.1) is 6.58 Å². The number of likely N-dealkylation sites (tertiary alicyclic amines) is 1. The zero-order valence-corrected chi connectivity index (χ0v) is 19.3. The number of carbonyl (C=O) groups is 3. The van der Waals surface area contributed by atoms with Gasteiger partial charge in [-0.2, -0.15) is 0 Å². The minimum absolute atomic E-state index is 0.0711. The first-order chi connectivity index (χ1) is 15.9. The minimum atomic E-state index is -0.726. The van der Waals surface area contributed by atoms with Crippen molar-refractivity contribution in [3.05, 3.63) is 77.3 Å². The highest BCUT2D eigenvalue weighted by Gasteiger charge is 2.34. The van der Waals surface area contributed by atoms with Crippen LogP contribution < -0.4 is 15.4 Å². The summed E-state index contributed by atoms with van der Waals surface area (Å²) in [5.41, 5.74) is 0.982. The average molecular weight is 470 g/mol. The molecule has 0 saturated carbocycles. The number of benzene rings is 2. The monoisotopic (exact) mass is 469 g/mol. The zero-order valence-electron chi connectivity index (χ0n) is 18.6. The Morgan fingerprint density at radius 2 is 1.85 bits per heavy atom. The van der Waals surface area contributed by atoms with Crippen molar-refractivity contribution in [3.63, 3.8) is 0 Å².